The first kappa shape index (κ1) is 13.1. The molecule has 0 aliphatic carbocycles. The third kappa shape index (κ3) is 2.27. The second kappa shape index (κ2) is 5.52. The van der Waals surface area contributed by atoms with Gasteiger partial charge in [-0.2, -0.15) is 0 Å². The van der Waals surface area contributed by atoms with Gasteiger partial charge in [-0.25, -0.2) is 0 Å². The first-order chi connectivity index (χ1) is 8.75. The van der Waals surface area contributed by atoms with Gasteiger partial charge in [0.05, 0.1) is 0 Å². The Bertz CT molecular complexity index is 661. The van der Waals surface area contributed by atoms with Gasteiger partial charge in [-0.05, 0) is 23.0 Å². The molecule has 0 saturated carbocycles. The number of hydrogen-bond acceptors (Lipinski definition) is 3. The van der Waals surface area contributed by atoms with Gasteiger partial charge in [0.2, 0.25) is 0 Å². The van der Waals surface area contributed by atoms with E-state index >= 15 is 0 Å². The Morgan fingerprint density at radius 1 is 0.889 bits per heavy atom. The van der Waals surface area contributed by atoms with E-state index < -0.39 is 7.12 Å². The highest BCUT2D eigenvalue weighted by Gasteiger charge is 2.12. The molecule has 2 N–H and O–H groups in total. The number of hydrogen-bond donors (Lipinski definition) is 2. The van der Waals surface area contributed by atoms with Gasteiger partial charge in [0.1, 0.15) is 0 Å². The summed E-state index contributed by atoms with van der Waals surface area (Å²) in [6.07, 6.45) is 0. The standard InChI is InChI=1S/C12H9BO2S.C2H6/c14-13(15)8-5-6-12-10(7-8)9-3-1-2-4-11(9)16-12;1-2/h1-7,14-15H;1-2H3. The van der Waals surface area contributed by atoms with Crippen molar-refractivity contribution >= 4 is 44.1 Å². The number of thiophene rings is 1. The van der Waals surface area contributed by atoms with Crippen molar-refractivity contribution in [1.29, 1.82) is 0 Å². The van der Waals surface area contributed by atoms with Crippen molar-refractivity contribution in [2.75, 3.05) is 0 Å². The smallest absolute Gasteiger partial charge is 0.423 e. The molecule has 2 aromatic carbocycles. The van der Waals surface area contributed by atoms with Crippen molar-refractivity contribution in [3.8, 4) is 0 Å². The fraction of sp³-hybridized carbons (Fsp3) is 0.143. The van der Waals surface area contributed by atoms with Gasteiger partial charge < -0.3 is 10.0 Å². The van der Waals surface area contributed by atoms with Crippen LogP contribution in [0.5, 0.6) is 0 Å². The minimum Gasteiger partial charge on any atom is -0.423 e. The summed E-state index contributed by atoms with van der Waals surface area (Å²) in [5.41, 5.74) is 0.538. The molecule has 4 heteroatoms. The summed E-state index contributed by atoms with van der Waals surface area (Å²) in [5, 5.41) is 20.6. The van der Waals surface area contributed by atoms with E-state index in [9.17, 15) is 0 Å². The van der Waals surface area contributed by atoms with Gasteiger partial charge in [0.15, 0.2) is 0 Å². The number of benzene rings is 2. The van der Waals surface area contributed by atoms with Crippen LogP contribution in [0.1, 0.15) is 13.8 Å². The minimum absolute atomic E-state index is 0.538. The summed E-state index contributed by atoms with van der Waals surface area (Å²) in [4.78, 5) is 0. The zero-order valence-corrected chi connectivity index (χ0v) is 11.2. The van der Waals surface area contributed by atoms with Crippen molar-refractivity contribution in [2.45, 2.75) is 13.8 Å². The molecule has 3 aromatic rings. The number of fused-ring (bicyclic) bond motifs is 3. The monoisotopic (exact) mass is 258 g/mol. The molecule has 0 aliphatic heterocycles. The van der Waals surface area contributed by atoms with E-state index in [0.29, 0.717) is 5.46 Å². The van der Waals surface area contributed by atoms with Crippen LogP contribution in [0.4, 0.5) is 0 Å². The second-order valence-electron chi connectivity index (χ2n) is 3.73. The Kier molecular flexibility index (Phi) is 4.02. The Hall–Kier alpha value is -1.36. The minimum atomic E-state index is -1.40. The Labute approximate surface area is 111 Å². The van der Waals surface area contributed by atoms with E-state index in [1.165, 1.54) is 14.8 Å². The average molecular weight is 258 g/mol. The normalized spacial score (nSPS) is 10.2. The summed E-state index contributed by atoms with van der Waals surface area (Å²) >= 11 is 1.72. The fourth-order valence-corrected chi connectivity index (χ4v) is 2.99. The molecule has 0 amide bonds. The van der Waals surface area contributed by atoms with Gasteiger partial charge in [0.25, 0.3) is 0 Å². The lowest BCUT2D eigenvalue weighted by atomic mass is 9.80. The maximum Gasteiger partial charge on any atom is 0.488 e. The topological polar surface area (TPSA) is 40.5 Å². The molecule has 0 unspecified atom stereocenters. The van der Waals surface area contributed by atoms with Crippen LogP contribution >= 0.6 is 11.3 Å². The molecule has 0 fully saturated rings. The maximum atomic E-state index is 9.15. The summed E-state index contributed by atoms with van der Waals surface area (Å²) in [7, 11) is -1.40. The Morgan fingerprint density at radius 2 is 1.56 bits per heavy atom. The van der Waals surface area contributed by atoms with Gasteiger partial charge >= 0.3 is 7.12 Å². The third-order valence-electron chi connectivity index (χ3n) is 2.70. The predicted molar refractivity (Wildman–Crippen MR) is 80.5 cm³/mol. The molecule has 0 saturated heterocycles. The summed E-state index contributed by atoms with van der Waals surface area (Å²) in [6.45, 7) is 4.00. The van der Waals surface area contributed by atoms with Gasteiger partial charge in [-0.1, -0.05) is 44.2 Å². The van der Waals surface area contributed by atoms with Gasteiger partial charge in [-0.3, -0.25) is 0 Å². The first-order valence-corrected chi connectivity index (χ1v) is 6.85. The van der Waals surface area contributed by atoms with Crippen LogP contribution in [0.2, 0.25) is 0 Å². The van der Waals surface area contributed by atoms with Gasteiger partial charge in [0, 0.05) is 14.8 Å². The van der Waals surface area contributed by atoms with Crippen LogP contribution in [0.3, 0.4) is 0 Å². The zero-order chi connectivity index (χ0) is 13.1. The Morgan fingerprint density at radius 3 is 2.28 bits per heavy atom. The molecule has 3 rings (SSSR count). The van der Waals surface area contributed by atoms with Crippen LogP contribution in [0.15, 0.2) is 42.5 Å². The molecular formula is C14H15BO2S. The average Bonchev–Trinajstić information content (AvgIpc) is 2.78. The summed E-state index contributed by atoms with van der Waals surface area (Å²) in [5.74, 6) is 0. The second-order valence-corrected chi connectivity index (χ2v) is 4.81. The van der Waals surface area contributed by atoms with Crippen molar-refractivity contribution < 1.29 is 10.0 Å². The van der Waals surface area contributed by atoms with E-state index in [1.807, 2.05) is 38.1 Å². The molecule has 0 aliphatic rings. The molecule has 1 aromatic heterocycles. The summed E-state index contributed by atoms with van der Waals surface area (Å²) in [6, 6.07) is 13.7. The third-order valence-corrected chi connectivity index (χ3v) is 3.85. The molecule has 0 radical (unpaired) electrons. The Balaban J connectivity index is 0.000000574. The number of rotatable bonds is 1. The maximum absolute atomic E-state index is 9.15. The van der Waals surface area contributed by atoms with Crippen LogP contribution in [0, 0.1) is 0 Å². The lowest BCUT2D eigenvalue weighted by Gasteiger charge is -1.98. The fourth-order valence-electron chi connectivity index (χ4n) is 1.90. The molecular weight excluding hydrogens is 243 g/mol. The van der Waals surface area contributed by atoms with Crippen molar-refractivity contribution in [1.82, 2.24) is 0 Å². The van der Waals surface area contributed by atoms with E-state index in [2.05, 4.69) is 12.1 Å². The van der Waals surface area contributed by atoms with Gasteiger partial charge in [-0.15, -0.1) is 11.3 Å². The van der Waals surface area contributed by atoms with Crippen LogP contribution in [-0.2, 0) is 0 Å². The van der Waals surface area contributed by atoms with Crippen LogP contribution in [0.25, 0.3) is 20.2 Å². The van der Waals surface area contributed by atoms with E-state index in [-0.39, 0.29) is 0 Å². The van der Waals surface area contributed by atoms with Crippen molar-refractivity contribution in [3.63, 3.8) is 0 Å². The molecule has 0 spiro atoms. The molecule has 2 nitrogen and oxygen atoms in total. The molecule has 18 heavy (non-hydrogen) atoms. The molecule has 1 heterocycles. The zero-order valence-electron chi connectivity index (χ0n) is 10.4. The van der Waals surface area contributed by atoms with Crippen LogP contribution < -0.4 is 5.46 Å². The molecule has 92 valence electrons. The predicted octanol–water partition coefficient (Wildman–Crippen LogP) is 2.76. The van der Waals surface area contributed by atoms with E-state index in [0.717, 1.165) is 5.39 Å². The highest BCUT2D eigenvalue weighted by Crippen LogP contribution is 2.32. The molecule has 0 atom stereocenters. The quantitative estimate of drug-likeness (QED) is 0.659. The van der Waals surface area contributed by atoms with Crippen molar-refractivity contribution in [2.24, 2.45) is 0 Å². The SMILES string of the molecule is CC.OB(O)c1ccc2sc3ccccc3c2c1. The van der Waals surface area contributed by atoms with E-state index in [1.54, 1.807) is 17.4 Å². The largest absolute Gasteiger partial charge is 0.488 e. The highest BCUT2D eigenvalue weighted by atomic mass is 32.1. The first-order valence-electron chi connectivity index (χ1n) is 6.03. The van der Waals surface area contributed by atoms with E-state index in [4.69, 9.17) is 10.0 Å². The summed E-state index contributed by atoms with van der Waals surface area (Å²) < 4.78 is 2.40. The lowest BCUT2D eigenvalue weighted by molar-refractivity contribution is 0.426. The lowest BCUT2D eigenvalue weighted by Crippen LogP contribution is -2.29. The van der Waals surface area contributed by atoms with Crippen molar-refractivity contribution in [3.05, 3.63) is 42.5 Å². The molecule has 0 bridgehead atoms. The van der Waals surface area contributed by atoms with Crippen LogP contribution in [-0.4, -0.2) is 17.2 Å². The highest BCUT2D eigenvalue weighted by molar-refractivity contribution is 7.25.